The predicted octanol–water partition coefficient (Wildman–Crippen LogP) is 2.72. The number of hydrogen-bond donors (Lipinski definition) is 4. The molecular weight excluding hydrogens is 334 g/mol. The molecule has 1 aliphatic heterocycles. The number of nitrogens with zero attached hydrogens (tertiary/aromatic N) is 2. The van der Waals surface area contributed by atoms with E-state index in [1.54, 1.807) is 18.3 Å². The van der Waals surface area contributed by atoms with Crippen LogP contribution in [-0.4, -0.2) is 30.8 Å². The molecule has 2 atom stereocenters. The maximum atomic E-state index is 12.3. The maximum absolute atomic E-state index is 12.3. The van der Waals surface area contributed by atoms with Gasteiger partial charge in [-0.2, -0.15) is 0 Å². The van der Waals surface area contributed by atoms with Gasteiger partial charge in [-0.25, -0.2) is 4.79 Å². The quantitative estimate of drug-likeness (QED) is 0.632. The Bertz CT molecular complexity index is 816. The van der Waals surface area contributed by atoms with Crippen LogP contribution in [-0.2, 0) is 16.9 Å². The summed E-state index contributed by atoms with van der Waals surface area (Å²) in [6.07, 6.45) is 2.60. The third-order valence-corrected chi connectivity index (χ3v) is 4.86. The summed E-state index contributed by atoms with van der Waals surface area (Å²) in [6.45, 7) is 6.19. The number of carboxylic acid groups (broad SMARTS) is 1. The highest BCUT2D eigenvalue weighted by Gasteiger charge is 2.55. The molecule has 0 amide bonds. The molecule has 3 heterocycles. The van der Waals surface area contributed by atoms with Crippen molar-refractivity contribution in [3.8, 4) is 11.8 Å². The molecule has 0 saturated heterocycles. The van der Waals surface area contributed by atoms with Crippen LogP contribution in [0, 0.1) is 5.92 Å². The molecule has 3 rings (SSSR count). The SMILES string of the molecule is CCCn1c(O)c2c(c1O)[C@@](CC(C)C)(C(=O)O)N[C@H]2c1ccccn1. The van der Waals surface area contributed by atoms with Gasteiger partial charge in [0.1, 0.15) is 5.54 Å². The molecule has 0 bridgehead atoms. The Kier molecular flexibility index (Phi) is 4.66. The first kappa shape index (κ1) is 18.3. The van der Waals surface area contributed by atoms with Crippen LogP contribution >= 0.6 is 0 Å². The number of rotatable bonds is 6. The Morgan fingerprint density at radius 1 is 1.35 bits per heavy atom. The van der Waals surface area contributed by atoms with E-state index in [0.29, 0.717) is 24.2 Å². The molecule has 7 nitrogen and oxygen atoms in total. The molecule has 0 radical (unpaired) electrons. The highest BCUT2D eigenvalue weighted by Crippen LogP contribution is 2.53. The zero-order chi connectivity index (χ0) is 19.1. The smallest absolute Gasteiger partial charge is 0.328 e. The molecule has 140 valence electrons. The molecule has 0 fully saturated rings. The molecule has 2 aromatic heterocycles. The van der Waals surface area contributed by atoms with Gasteiger partial charge >= 0.3 is 5.97 Å². The first-order chi connectivity index (χ1) is 12.3. The molecular formula is C19H25N3O4. The summed E-state index contributed by atoms with van der Waals surface area (Å²) in [4.78, 5) is 16.7. The average Bonchev–Trinajstić information content (AvgIpc) is 3.06. The Balaban J connectivity index is 2.27. The van der Waals surface area contributed by atoms with E-state index >= 15 is 0 Å². The van der Waals surface area contributed by atoms with Crippen LogP contribution in [0.4, 0.5) is 0 Å². The number of pyridine rings is 1. The minimum absolute atomic E-state index is 0.0602. The molecule has 0 saturated carbocycles. The fourth-order valence-electron chi connectivity index (χ4n) is 3.93. The van der Waals surface area contributed by atoms with Crippen molar-refractivity contribution in [2.45, 2.75) is 51.7 Å². The Labute approximate surface area is 152 Å². The van der Waals surface area contributed by atoms with Crippen LogP contribution in [0.2, 0.25) is 0 Å². The molecule has 7 heteroatoms. The summed E-state index contributed by atoms with van der Waals surface area (Å²) in [5.74, 6) is -1.30. The summed E-state index contributed by atoms with van der Waals surface area (Å²) in [5, 5.41) is 34.8. The summed E-state index contributed by atoms with van der Waals surface area (Å²) < 4.78 is 1.39. The molecule has 0 spiro atoms. The molecule has 0 unspecified atom stereocenters. The van der Waals surface area contributed by atoms with Gasteiger partial charge in [0.05, 0.1) is 17.3 Å². The van der Waals surface area contributed by atoms with Crippen molar-refractivity contribution in [2.75, 3.05) is 0 Å². The van der Waals surface area contributed by atoms with Gasteiger partial charge < -0.3 is 15.3 Å². The third kappa shape index (κ3) is 2.63. The number of aromatic nitrogens is 2. The topological polar surface area (TPSA) is 108 Å². The highest BCUT2D eigenvalue weighted by atomic mass is 16.4. The van der Waals surface area contributed by atoms with E-state index in [9.17, 15) is 20.1 Å². The monoisotopic (exact) mass is 359 g/mol. The fourth-order valence-corrected chi connectivity index (χ4v) is 3.93. The maximum Gasteiger partial charge on any atom is 0.328 e. The lowest BCUT2D eigenvalue weighted by Crippen LogP contribution is -2.47. The van der Waals surface area contributed by atoms with Crippen molar-refractivity contribution in [1.82, 2.24) is 14.9 Å². The lowest BCUT2D eigenvalue weighted by molar-refractivity contribution is -0.146. The van der Waals surface area contributed by atoms with Gasteiger partial charge in [0.25, 0.3) is 0 Å². The van der Waals surface area contributed by atoms with Crippen molar-refractivity contribution in [3.05, 3.63) is 41.2 Å². The standard InChI is InChI=1S/C19H25N3O4/c1-4-9-22-16(23)13-14(17(22)24)19(18(25)26,10-11(2)3)21-15(13)12-7-5-6-8-20-12/h5-8,11,15,21,23-24H,4,9-10H2,1-3H3,(H,25,26)/t15-,19-/m0/s1. The molecule has 1 aliphatic rings. The second-order valence-corrected chi connectivity index (χ2v) is 7.23. The van der Waals surface area contributed by atoms with E-state index in [1.165, 1.54) is 4.57 Å². The Morgan fingerprint density at radius 2 is 2.08 bits per heavy atom. The van der Waals surface area contributed by atoms with Crippen molar-refractivity contribution in [1.29, 1.82) is 0 Å². The van der Waals surface area contributed by atoms with Gasteiger partial charge in [-0.15, -0.1) is 0 Å². The van der Waals surface area contributed by atoms with Crippen LogP contribution in [0.3, 0.4) is 0 Å². The normalized spacial score (nSPS) is 21.9. The van der Waals surface area contributed by atoms with E-state index in [-0.39, 0.29) is 29.7 Å². The first-order valence-electron chi connectivity index (χ1n) is 8.90. The van der Waals surface area contributed by atoms with E-state index in [2.05, 4.69) is 10.3 Å². The number of carbonyl (C=O) groups is 1. The number of carboxylic acids is 1. The number of hydrogen-bond acceptors (Lipinski definition) is 5. The number of nitrogens with one attached hydrogen (secondary N) is 1. The summed E-state index contributed by atoms with van der Waals surface area (Å²) in [7, 11) is 0. The van der Waals surface area contributed by atoms with Gasteiger partial charge in [-0.3, -0.25) is 14.9 Å². The number of aliphatic carboxylic acids is 1. The van der Waals surface area contributed by atoms with E-state index in [0.717, 1.165) is 0 Å². The first-order valence-corrected chi connectivity index (χ1v) is 8.90. The minimum Gasteiger partial charge on any atom is -0.494 e. The molecule has 26 heavy (non-hydrogen) atoms. The van der Waals surface area contributed by atoms with Crippen molar-refractivity contribution in [3.63, 3.8) is 0 Å². The van der Waals surface area contributed by atoms with Crippen LogP contribution in [0.25, 0.3) is 0 Å². The molecule has 4 N–H and O–H groups in total. The summed E-state index contributed by atoms with van der Waals surface area (Å²) in [5.41, 5.74) is -0.228. The van der Waals surface area contributed by atoms with Crippen molar-refractivity contribution in [2.24, 2.45) is 5.92 Å². The predicted molar refractivity (Wildman–Crippen MR) is 96.0 cm³/mol. The van der Waals surface area contributed by atoms with Crippen molar-refractivity contribution < 1.29 is 20.1 Å². The van der Waals surface area contributed by atoms with Gasteiger partial charge in [-0.05, 0) is 30.9 Å². The van der Waals surface area contributed by atoms with Crippen LogP contribution in [0.1, 0.15) is 56.5 Å². The van der Waals surface area contributed by atoms with Crippen LogP contribution < -0.4 is 5.32 Å². The summed E-state index contributed by atoms with van der Waals surface area (Å²) in [6, 6.07) is 4.76. The largest absolute Gasteiger partial charge is 0.494 e. The molecule has 0 aromatic carbocycles. The zero-order valence-electron chi connectivity index (χ0n) is 15.2. The molecule has 0 aliphatic carbocycles. The van der Waals surface area contributed by atoms with E-state index < -0.39 is 17.6 Å². The Morgan fingerprint density at radius 3 is 2.62 bits per heavy atom. The van der Waals surface area contributed by atoms with Crippen LogP contribution in [0.5, 0.6) is 11.8 Å². The second kappa shape index (κ2) is 6.64. The third-order valence-electron chi connectivity index (χ3n) is 4.86. The van der Waals surface area contributed by atoms with Crippen LogP contribution in [0.15, 0.2) is 24.4 Å². The number of aromatic hydroxyl groups is 2. The van der Waals surface area contributed by atoms with E-state index in [4.69, 9.17) is 0 Å². The fraction of sp³-hybridized carbons (Fsp3) is 0.474. The lowest BCUT2D eigenvalue weighted by atomic mass is 9.84. The van der Waals surface area contributed by atoms with Gasteiger partial charge in [0.2, 0.25) is 0 Å². The van der Waals surface area contributed by atoms with Gasteiger partial charge in [-0.1, -0.05) is 26.8 Å². The number of fused-ring (bicyclic) bond motifs is 1. The van der Waals surface area contributed by atoms with Gasteiger partial charge in [0.15, 0.2) is 11.8 Å². The zero-order valence-corrected chi connectivity index (χ0v) is 15.2. The average molecular weight is 359 g/mol. The lowest BCUT2D eigenvalue weighted by Gasteiger charge is -2.29. The Hall–Kier alpha value is -2.54. The minimum atomic E-state index is -1.48. The summed E-state index contributed by atoms with van der Waals surface area (Å²) >= 11 is 0. The van der Waals surface area contributed by atoms with E-state index in [1.807, 2.05) is 26.8 Å². The van der Waals surface area contributed by atoms with Gasteiger partial charge in [0, 0.05) is 18.3 Å². The van der Waals surface area contributed by atoms with Crippen molar-refractivity contribution >= 4 is 5.97 Å². The highest BCUT2D eigenvalue weighted by molar-refractivity contribution is 5.85. The molecule has 2 aromatic rings. The second-order valence-electron chi connectivity index (χ2n) is 7.23.